The summed E-state index contributed by atoms with van der Waals surface area (Å²) in [5, 5.41) is 0. The summed E-state index contributed by atoms with van der Waals surface area (Å²) in [6.45, 7) is 2.71. The minimum atomic E-state index is -0.300. The van der Waals surface area contributed by atoms with Gasteiger partial charge in [0.05, 0.1) is 11.0 Å². The zero-order valence-electron chi connectivity index (χ0n) is 12.0. The maximum Gasteiger partial charge on any atom is 0.125 e. The molecule has 21 heavy (non-hydrogen) atoms. The van der Waals surface area contributed by atoms with E-state index in [0.717, 1.165) is 35.3 Å². The zero-order valence-corrected chi connectivity index (χ0v) is 12.0. The highest BCUT2D eigenvalue weighted by Crippen LogP contribution is 2.20. The summed E-state index contributed by atoms with van der Waals surface area (Å²) in [5.41, 5.74) is 9.09. The van der Waals surface area contributed by atoms with Crippen LogP contribution in [0.4, 0.5) is 10.1 Å². The molecule has 4 heteroatoms. The molecule has 0 saturated heterocycles. The lowest BCUT2D eigenvalue weighted by molar-refractivity contribution is 0.623. The Bertz CT molecular complexity index is 757. The van der Waals surface area contributed by atoms with Crippen LogP contribution in [0.15, 0.2) is 42.5 Å². The van der Waals surface area contributed by atoms with Gasteiger partial charge in [0.15, 0.2) is 0 Å². The lowest BCUT2D eigenvalue weighted by Gasteiger charge is -2.10. The van der Waals surface area contributed by atoms with Crippen LogP contribution >= 0.6 is 0 Å². The first kappa shape index (κ1) is 13.6. The largest absolute Gasteiger partial charge is 0.399 e. The van der Waals surface area contributed by atoms with Crippen LogP contribution in [0.25, 0.3) is 11.0 Å². The van der Waals surface area contributed by atoms with Crippen molar-refractivity contribution in [2.45, 2.75) is 26.3 Å². The second kappa shape index (κ2) is 5.56. The molecule has 0 aliphatic carbocycles. The fourth-order valence-corrected chi connectivity index (χ4v) is 2.67. The van der Waals surface area contributed by atoms with Gasteiger partial charge in [0, 0.05) is 18.7 Å². The number of nitrogen functional groups attached to an aromatic ring is 1. The summed E-state index contributed by atoms with van der Waals surface area (Å²) in [5.74, 6) is 0.730. The minimum Gasteiger partial charge on any atom is -0.399 e. The smallest absolute Gasteiger partial charge is 0.125 e. The third-order valence-corrected chi connectivity index (χ3v) is 3.53. The highest BCUT2D eigenvalue weighted by atomic mass is 19.1. The van der Waals surface area contributed by atoms with Crippen LogP contribution in [0.3, 0.4) is 0 Å². The Morgan fingerprint density at radius 2 is 2.00 bits per heavy atom. The summed E-state index contributed by atoms with van der Waals surface area (Å²) < 4.78 is 15.7. The van der Waals surface area contributed by atoms with Crippen LogP contribution in [0.5, 0.6) is 0 Å². The molecular formula is C17H18FN3. The maximum atomic E-state index is 13.5. The van der Waals surface area contributed by atoms with Crippen molar-refractivity contribution in [3.63, 3.8) is 0 Å². The van der Waals surface area contributed by atoms with Crippen molar-refractivity contribution in [3.05, 3.63) is 59.7 Å². The Kier molecular flexibility index (Phi) is 3.60. The van der Waals surface area contributed by atoms with E-state index in [1.807, 2.05) is 30.3 Å². The highest BCUT2D eigenvalue weighted by Gasteiger charge is 2.10. The molecule has 0 spiro atoms. The summed E-state index contributed by atoms with van der Waals surface area (Å²) >= 11 is 0. The molecule has 3 rings (SSSR count). The van der Waals surface area contributed by atoms with Crippen LogP contribution in [0, 0.1) is 5.82 Å². The number of aromatic nitrogens is 2. The monoisotopic (exact) mass is 283 g/mol. The molecule has 0 unspecified atom stereocenters. The van der Waals surface area contributed by atoms with Crippen molar-refractivity contribution >= 4 is 16.7 Å². The number of nitrogens with zero attached hydrogens (tertiary/aromatic N) is 2. The second-order valence-corrected chi connectivity index (χ2v) is 5.25. The Morgan fingerprint density at radius 1 is 1.19 bits per heavy atom. The zero-order chi connectivity index (χ0) is 14.8. The van der Waals surface area contributed by atoms with E-state index in [0.29, 0.717) is 12.2 Å². The quantitative estimate of drug-likeness (QED) is 0.741. The average Bonchev–Trinajstić information content (AvgIpc) is 2.76. The van der Waals surface area contributed by atoms with E-state index in [-0.39, 0.29) is 5.82 Å². The molecule has 1 aromatic heterocycles. The second-order valence-electron chi connectivity index (χ2n) is 5.25. The van der Waals surface area contributed by atoms with E-state index in [1.165, 1.54) is 12.1 Å². The van der Waals surface area contributed by atoms with Crippen molar-refractivity contribution < 1.29 is 4.39 Å². The third kappa shape index (κ3) is 2.75. The SMILES string of the molecule is CCCc1nc2ccccc2n1Cc1cc(N)cc(F)c1. The number of halogens is 1. The fourth-order valence-electron chi connectivity index (χ4n) is 2.67. The number of hydrogen-bond acceptors (Lipinski definition) is 2. The first-order chi connectivity index (χ1) is 10.2. The molecule has 0 fully saturated rings. The van der Waals surface area contributed by atoms with E-state index in [9.17, 15) is 4.39 Å². The molecular weight excluding hydrogens is 265 g/mol. The summed E-state index contributed by atoms with van der Waals surface area (Å²) in [7, 11) is 0. The number of rotatable bonds is 4. The first-order valence-corrected chi connectivity index (χ1v) is 7.16. The highest BCUT2D eigenvalue weighted by molar-refractivity contribution is 5.76. The number of benzene rings is 2. The Morgan fingerprint density at radius 3 is 2.76 bits per heavy atom. The number of nitrogens with two attached hydrogens (primary N) is 1. The Labute approximate surface area is 123 Å². The molecule has 3 nitrogen and oxygen atoms in total. The maximum absolute atomic E-state index is 13.5. The van der Waals surface area contributed by atoms with Gasteiger partial charge in [0.2, 0.25) is 0 Å². The summed E-state index contributed by atoms with van der Waals surface area (Å²) in [6.07, 6.45) is 1.92. The van der Waals surface area contributed by atoms with Gasteiger partial charge in [0.25, 0.3) is 0 Å². The third-order valence-electron chi connectivity index (χ3n) is 3.53. The number of fused-ring (bicyclic) bond motifs is 1. The topological polar surface area (TPSA) is 43.8 Å². The lowest BCUT2D eigenvalue weighted by atomic mass is 10.2. The average molecular weight is 283 g/mol. The van der Waals surface area contributed by atoms with Crippen LogP contribution in [-0.2, 0) is 13.0 Å². The molecule has 0 aliphatic rings. The molecule has 2 aromatic carbocycles. The van der Waals surface area contributed by atoms with Gasteiger partial charge in [0.1, 0.15) is 11.6 Å². The van der Waals surface area contributed by atoms with Crippen molar-refractivity contribution in [2.75, 3.05) is 5.73 Å². The van der Waals surface area contributed by atoms with Gasteiger partial charge >= 0.3 is 0 Å². The lowest BCUT2D eigenvalue weighted by Crippen LogP contribution is -2.06. The predicted octanol–water partition coefficient (Wildman–Crippen LogP) is 3.76. The number of hydrogen-bond donors (Lipinski definition) is 1. The van der Waals surface area contributed by atoms with Crippen molar-refractivity contribution in [1.29, 1.82) is 0 Å². The van der Waals surface area contributed by atoms with Gasteiger partial charge in [-0.05, 0) is 42.3 Å². The van der Waals surface area contributed by atoms with Crippen LogP contribution < -0.4 is 5.73 Å². The molecule has 0 saturated carbocycles. The minimum absolute atomic E-state index is 0.300. The van der Waals surface area contributed by atoms with Crippen LogP contribution in [0.1, 0.15) is 24.7 Å². The Hall–Kier alpha value is -2.36. The summed E-state index contributed by atoms with van der Waals surface area (Å²) in [4.78, 5) is 4.68. The van der Waals surface area contributed by atoms with Gasteiger partial charge < -0.3 is 10.3 Å². The fraction of sp³-hybridized carbons (Fsp3) is 0.235. The number of imidazole rings is 1. The number of aryl methyl sites for hydroxylation is 1. The molecule has 0 amide bonds. The van der Waals surface area contributed by atoms with E-state index in [2.05, 4.69) is 16.5 Å². The van der Waals surface area contributed by atoms with E-state index in [1.54, 1.807) is 0 Å². The first-order valence-electron chi connectivity index (χ1n) is 7.16. The number of para-hydroxylation sites is 2. The van der Waals surface area contributed by atoms with Gasteiger partial charge in [-0.2, -0.15) is 0 Å². The van der Waals surface area contributed by atoms with E-state index in [4.69, 9.17) is 5.73 Å². The van der Waals surface area contributed by atoms with E-state index < -0.39 is 0 Å². The van der Waals surface area contributed by atoms with Crippen molar-refractivity contribution in [2.24, 2.45) is 0 Å². The van der Waals surface area contributed by atoms with Crippen LogP contribution in [-0.4, -0.2) is 9.55 Å². The van der Waals surface area contributed by atoms with Gasteiger partial charge in [-0.25, -0.2) is 9.37 Å². The Balaban J connectivity index is 2.07. The normalized spacial score (nSPS) is 11.1. The van der Waals surface area contributed by atoms with E-state index >= 15 is 0 Å². The molecule has 1 heterocycles. The van der Waals surface area contributed by atoms with Gasteiger partial charge in [-0.3, -0.25) is 0 Å². The standard InChI is InChI=1S/C17H18FN3/c1-2-5-17-20-15-6-3-4-7-16(15)21(17)11-12-8-13(18)10-14(19)9-12/h3-4,6-10H,2,5,11,19H2,1H3. The van der Waals surface area contributed by atoms with Gasteiger partial charge in [-0.1, -0.05) is 19.1 Å². The molecule has 0 bridgehead atoms. The van der Waals surface area contributed by atoms with Gasteiger partial charge in [-0.15, -0.1) is 0 Å². The molecule has 0 atom stereocenters. The number of anilines is 1. The van der Waals surface area contributed by atoms with Crippen molar-refractivity contribution in [1.82, 2.24) is 9.55 Å². The summed E-state index contributed by atoms with van der Waals surface area (Å²) in [6, 6.07) is 12.7. The molecule has 2 N–H and O–H groups in total. The molecule has 108 valence electrons. The molecule has 0 aliphatic heterocycles. The van der Waals surface area contributed by atoms with Crippen LogP contribution in [0.2, 0.25) is 0 Å². The molecule has 0 radical (unpaired) electrons. The predicted molar refractivity (Wildman–Crippen MR) is 83.6 cm³/mol. The van der Waals surface area contributed by atoms with Crippen molar-refractivity contribution in [3.8, 4) is 0 Å². The molecule has 3 aromatic rings.